The summed E-state index contributed by atoms with van der Waals surface area (Å²) >= 11 is 12.4. The lowest BCUT2D eigenvalue weighted by Gasteiger charge is -2.33. The molecular formula is C30H31Cl2N3O4. The number of nitro benzene ring substituents is 1. The Balaban J connectivity index is 1.70. The van der Waals surface area contributed by atoms with Gasteiger partial charge in [0.2, 0.25) is 11.8 Å². The first kappa shape index (κ1) is 28.6. The largest absolute Gasteiger partial charge is 0.352 e. The van der Waals surface area contributed by atoms with E-state index in [0.29, 0.717) is 22.0 Å². The zero-order chi connectivity index (χ0) is 27.8. The average molecular weight is 569 g/mol. The smallest absolute Gasteiger partial charge is 0.273 e. The van der Waals surface area contributed by atoms with Crippen molar-refractivity contribution in [3.05, 3.63) is 110 Å². The van der Waals surface area contributed by atoms with Crippen LogP contribution in [0.1, 0.15) is 48.8 Å². The second-order valence-electron chi connectivity index (χ2n) is 9.88. The highest BCUT2D eigenvalue weighted by Crippen LogP contribution is 2.26. The van der Waals surface area contributed by atoms with Gasteiger partial charge in [0, 0.05) is 30.6 Å². The Kier molecular flexibility index (Phi) is 9.96. The van der Waals surface area contributed by atoms with Gasteiger partial charge in [-0.1, -0.05) is 97.1 Å². The molecule has 204 valence electrons. The molecule has 39 heavy (non-hydrogen) atoms. The fraction of sp³-hybridized carbons (Fsp3) is 0.333. The van der Waals surface area contributed by atoms with Gasteiger partial charge in [-0.2, -0.15) is 0 Å². The highest BCUT2D eigenvalue weighted by Gasteiger charge is 2.33. The summed E-state index contributed by atoms with van der Waals surface area (Å²) in [6.07, 6.45) is 5.14. The van der Waals surface area contributed by atoms with Crippen molar-refractivity contribution >= 4 is 40.7 Å². The van der Waals surface area contributed by atoms with Gasteiger partial charge in [0.15, 0.2) is 0 Å². The van der Waals surface area contributed by atoms with Crippen LogP contribution in [0.5, 0.6) is 0 Å². The number of para-hydroxylation sites is 1. The third-order valence-electron chi connectivity index (χ3n) is 7.09. The molecule has 3 aromatic rings. The van der Waals surface area contributed by atoms with Crippen molar-refractivity contribution in [3.63, 3.8) is 0 Å². The van der Waals surface area contributed by atoms with Gasteiger partial charge in [0.05, 0.1) is 21.4 Å². The molecule has 1 fully saturated rings. The van der Waals surface area contributed by atoms with Crippen molar-refractivity contribution in [2.75, 3.05) is 0 Å². The van der Waals surface area contributed by atoms with E-state index >= 15 is 0 Å². The molecule has 1 atom stereocenters. The standard InChI is InChI=1S/C30H31Cl2N3O4/c31-25-16-15-22(17-26(25)32)20-34(29(36)19-23-11-7-8-14-27(23)35(38)39)28(18-21-9-3-1-4-10-21)30(37)33-24-12-5-2-6-13-24/h1,3-4,7-11,14-17,24,28H,2,5-6,12-13,18-20H2,(H,33,37)/t28-/m0/s1. The molecule has 1 saturated carbocycles. The molecule has 4 rings (SSSR count). The van der Waals surface area contributed by atoms with Gasteiger partial charge in [-0.3, -0.25) is 19.7 Å². The summed E-state index contributed by atoms with van der Waals surface area (Å²) in [5, 5.41) is 15.5. The maximum absolute atomic E-state index is 13.9. The molecule has 3 aromatic carbocycles. The van der Waals surface area contributed by atoms with Crippen LogP contribution < -0.4 is 5.32 Å². The molecule has 0 aromatic heterocycles. The van der Waals surface area contributed by atoms with E-state index in [-0.39, 0.29) is 36.2 Å². The van der Waals surface area contributed by atoms with Crippen LogP contribution in [0.15, 0.2) is 72.8 Å². The summed E-state index contributed by atoms with van der Waals surface area (Å²) in [6.45, 7) is 0.0892. The van der Waals surface area contributed by atoms with Crippen molar-refractivity contribution in [3.8, 4) is 0 Å². The van der Waals surface area contributed by atoms with Gasteiger partial charge < -0.3 is 10.2 Å². The molecule has 0 bridgehead atoms. The van der Waals surface area contributed by atoms with Crippen LogP contribution in [-0.4, -0.2) is 33.7 Å². The first-order valence-corrected chi connectivity index (χ1v) is 13.9. The number of hydrogen-bond donors (Lipinski definition) is 1. The van der Waals surface area contributed by atoms with E-state index in [1.807, 2.05) is 30.3 Å². The first-order valence-electron chi connectivity index (χ1n) is 13.1. The first-order chi connectivity index (χ1) is 18.8. The third-order valence-corrected chi connectivity index (χ3v) is 7.83. The summed E-state index contributed by atoms with van der Waals surface area (Å²) < 4.78 is 0. The normalized spacial score (nSPS) is 14.4. The molecule has 1 N–H and O–H groups in total. The van der Waals surface area contributed by atoms with Crippen LogP contribution in [0.4, 0.5) is 5.69 Å². The number of nitro groups is 1. The number of carbonyl (C=O) groups excluding carboxylic acids is 2. The summed E-state index contributed by atoms with van der Waals surface area (Å²) in [5.74, 6) is -0.628. The van der Waals surface area contributed by atoms with Crippen LogP contribution in [0, 0.1) is 10.1 Å². The molecule has 1 aliphatic carbocycles. The van der Waals surface area contributed by atoms with Crippen molar-refractivity contribution < 1.29 is 14.5 Å². The van der Waals surface area contributed by atoms with Crippen LogP contribution in [-0.2, 0) is 29.0 Å². The Labute approximate surface area is 238 Å². The van der Waals surface area contributed by atoms with Crippen LogP contribution in [0.25, 0.3) is 0 Å². The van der Waals surface area contributed by atoms with Gasteiger partial charge >= 0.3 is 0 Å². The van der Waals surface area contributed by atoms with Gasteiger partial charge in [-0.25, -0.2) is 0 Å². The lowest BCUT2D eigenvalue weighted by molar-refractivity contribution is -0.385. The minimum absolute atomic E-state index is 0.0571. The molecule has 9 heteroatoms. The van der Waals surface area contributed by atoms with E-state index < -0.39 is 16.9 Å². The second kappa shape index (κ2) is 13.6. The Bertz CT molecular complexity index is 1310. The van der Waals surface area contributed by atoms with E-state index in [9.17, 15) is 19.7 Å². The predicted molar refractivity (Wildman–Crippen MR) is 153 cm³/mol. The van der Waals surface area contributed by atoms with E-state index in [1.54, 1.807) is 36.4 Å². The Morgan fingerprint density at radius 2 is 1.62 bits per heavy atom. The maximum Gasteiger partial charge on any atom is 0.273 e. The van der Waals surface area contributed by atoms with E-state index in [0.717, 1.165) is 37.7 Å². The van der Waals surface area contributed by atoms with Gasteiger partial charge in [-0.05, 0) is 36.1 Å². The molecule has 0 saturated heterocycles. The number of rotatable bonds is 10. The number of nitrogens with one attached hydrogen (secondary N) is 1. The summed E-state index contributed by atoms with van der Waals surface area (Å²) in [4.78, 5) is 40.4. The number of benzene rings is 3. The second-order valence-corrected chi connectivity index (χ2v) is 10.7. The lowest BCUT2D eigenvalue weighted by Crippen LogP contribution is -2.53. The minimum Gasteiger partial charge on any atom is -0.352 e. The molecule has 7 nitrogen and oxygen atoms in total. The fourth-order valence-corrected chi connectivity index (χ4v) is 5.36. The highest BCUT2D eigenvalue weighted by atomic mass is 35.5. The lowest BCUT2D eigenvalue weighted by atomic mass is 9.94. The zero-order valence-electron chi connectivity index (χ0n) is 21.5. The topological polar surface area (TPSA) is 92.6 Å². The Morgan fingerprint density at radius 1 is 0.923 bits per heavy atom. The average Bonchev–Trinajstić information content (AvgIpc) is 2.93. The van der Waals surface area contributed by atoms with Crippen LogP contribution >= 0.6 is 23.2 Å². The van der Waals surface area contributed by atoms with Crippen LogP contribution in [0.3, 0.4) is 0 Å². The quantitative estimate of drug-likeness (QED) is 0.222. The summed E-state index contributed by atoms with van der Waals surface area (Å²) in [7, 11) is 0. The molecule has 0 unspecified atom stereocenters. The van der Waals surface area contributed by atoms with Crippen molar-refractivity contribution in [2.45, 2.75) is 63.6 Å². The summed E-state index contributed by atoms with van der Waals surface area (Å²) in [5.41, 5.74) is 1.76. The zero-order valence-corrected chi connectivity index (χ0v) is 23.0. The molecular weight excluding hydrogens is 537 g/mol. The Hall–Kier alpha value is -3.42. The predicted octanol–water partition coefficient (Wildman–Crippen LogP) is 6.53. The highest BCUT2D eigenvalue weighted by molar-refractivity contribution is 6.42. The number of amides is 2. The monoisotopic (exact) mass is 567 g/mol. The maximum atomic E-state index is 13.9. The molecule has 1 aliphatic rings. The summed E-state index contributed by atoms with van der Waals surface area (Å²) in [6, 6.07) is 20.0. The Morgan fingerprint density at radius 3 is 2.31 bits per heavy atom. The molecule has 0 radical (unpaired) electrons. The SMILES string of the molecule is O=C(NC1CCCCC1)[C@H](Cc1ccccc1)N(Cc1ccc(Cl)c(Cl)c1)C(=O)Cc1ccccc1[N+](=O)[O-]. The van der Waals surface area contributed by atoms with Crippen molar-refractivity contribution in [1.29, 1.82) is 0 Å². The molecule has 2 amide bonds. The number of halogens is 2. The van der Waals surface area contributed by atoms with E-state index in [2.05, 4.69) is 5.32 Å². The van der Waals surface area contributed by atoms with Gasteiger partial charge in [0.1, 0.15) is 6.04 Å². The van der Waals surface area contributed by atoms with Crippen molar-refractivity contribution in [2.24, 2.45) is 0 Å². The molecule has 0 heterocycles. The van der Waals surface area contributed by atoms with Gasteiger partial charge in [0.25, 0.3) is 5.69 Å². The molecule has 0 spiro atoms. The van der Waals surface area contributed by atoms with Crippen molar-refractivity contribution in [1.82, 2.24) is 10.2 Å². The molecule has 0 aliphatic heterocycles. The number of carbonyl (C=O) groups is 2. The minimum atomic E-state index is -0.834. The van der Waals surface area contributed by atoms with E-state index in [4.69, 9.17) is 23.2 Å². The van der Waals surface area contributed by atoms with E-state index in [1.165, 1.54) is 11.0 Å². The fourth-order valence-electron chi connectivity index (χ4n) is 5.04. The number of hydrogen-bond acceptors (Lipinski definition) is 4. The van der Waals surface area contributed by atoms with Crippen LogP contribution in [0.2, 0.25) is 10.0 Å². The van der Waals surface area contributed by atoms with Gasteiger partial charge in [-0.15, -0.1) is 0 Å². The third kappa shape index (κ3) is 7.80. The number of nitrogens with zero attached hydrogens (tertiary/aromatic N) is 2.